The van der Waals surface area contributed by atoms with E-state index in [4.69, 9.17) is 18.9 Å². The van der Waals surface area contributed by atoms with Crippen LogP contribution in [0.1, 0.15) is 12.0 Å². The Morgan fingerprint density at radius 2 is 1.96 bits per heavy atom. The molecule has 2 aromatic carbocycles. The van der Waals surface area contributed by atoms with Crippen molar-refractivity contribution < 1.29 is 18.9 Å². The van der Waals surface area contributed by atoms with Crippen LogP contribution in [0.25, 0.3) is 0 Å². The summed E-state index contributed by atoms with van der Waals surface area (Å²) in [7, 11) is 3.42. The minimum absolute atomic E-state index is 0. The summed E-state index contributed by atoms with van der Waals surface area (Å²) in [6.45, 7) is 2.20. The molecule has 2 aromatic rings. The van der Waals surface area contributed by atoms with E-state index in [-0.39, 0.29) is 30.8 Å². The number of anilines is 1. The number of hydrogen-bond acceptors (Lipinski definition) is 5. The van der Waals surface area contributed by atoms with Crippen LogP contribution >= 0.6 is 24.0 Å². The van der Waals surface area contributed by atoms with Gasteiger partial charge < -0.3 is 29.6 Å². The zero-order chi connectivity index (χ0) is 18.9. The summed E-state index contributed by atoms with van der Waals surface area (Å²) in [4.78, 5) is 4.27. The fraction of sp³-hybridized carbons (Fsp3) is 0.350. The SMILES string of the molecule is CN=C(NCc1ccc2c(c1)OCO2)Nc1cccc(OCCCOC)c1.I. The summed E-state index contributed by atoms with van der Waals surface area (Å²) in [5.41, 5.74) is 1.98. The average Bonchev–Trinajstić information content (AvgIpc) is 3.16. The van der Waals surface area contributed by atoms with E-state index in [2.05, 4.69) is 15.6 Å². The van der Waals surface area contributed by atoms with Gasteiger partial charge in [-0.25, -0.2) is 0 Å². The molecule has 0 fully saturated rings. The summed E-state index contributed by atoms with van der Waals surface area (Å²) in [5, 5.41) is 6.56. The number of rotatable bonds is 8. The van der Waals surface area contributed by atoms with Crippen LogP contribution in [-0.2, 0) is 11.3 Å². The third-order valence-electron chi connectivity index (χ3n) is 3.98. The first-order chi connectivity index (χ1) is 13.3. The summed E-state index contributed by atoms with van der Waals surface area (Å²) < 4.78 is 21.5. The molecule has 3 rings (SSSR count). The fourth-order valence-electron chi connectivity index (χ4n) is 2.61. The molecular formula is C20H26IN3O4. The van der Waals surface area contributed by atoms with E-state index in [1.165, 1.54) is 0 Å². The van der Waals surface area contributed by atoms with Crippen molar-refractivity contribution in [2.75, 3.05) is 39.5 Å². The lowest BCUT2D eigenvalue weighted by molar-refractivity contribution is 0.172. The van der Waals surface area contributed by atoms with Crippen molar-refractivity contribution in [2.24, 2.45) is 4.99 Å². The number of ether oxygens (including phenoxy) is 4. The third kappa shape index (κ3) is 6.45. The topological polar surface area (TPSA) is 73.3 Å². The Morgan fingerprint density at radius 1 is 1.11 bits per heavy atom. The summed E-state index contributed by atoms with van der Waals surface area (Å²) in [6, 6.07) is 13.7. The number of methoxy groups -OCH3 is 1. The first-order valence-electron chi connectivity index (χ1n) is 8.86. The normalized spacial score (nSPS) is 12.3. The molecule has 152 valence electrons. The Bertz CT molecular complexity index is 786. The molecule has 8 heteroatoms. The van der Waals surface area contributed by atoms with Gasteiger partial charge in [0, 0.05) is 45.5 Å². The monoisotopic (exact) mass is 499 g/mol. The molecular weight excluding hydrogens is 473 g/mol. The van der Waals surface area contributed by atoms with E-state index in [0.717, 1.165) is 34.9 Å². The van der Waals surface area contributed by atoms with Crippen LogP contribution < -0.4 is 24.8 Å². The molecule has 7 nitrogen and oxygen atoms in total. The molecule has 28 heavy (non-hydrogen) atoms. The van der Waals surface area contributed by atoms with Crippen molar-refractivity contribution in [3.05, 3.63) is 48.0 Å². The van der Waals surface area contributed by atoms with Crippen LogP contribution in [0.5, 0.6) is 17.2 Å². The van der Waals surface area contributed by atoms with Gasteiger partial charge in [0.2, 0.25) is 6.79 Å². The molecule has 0 saturated heterocycles. The maximum absolute atomic E-state index is 5.73. The van der Waals surface area contributed by atoms with Crippen LogP contribution in [0.2, 0.25) is 0 Å². The van der Waals surface area contributed by atoms with Crippen molar-refractivity contribution in [1.29, 1.82) is 0 Å². The molecule has 0 saturated carbocycles. The van der Waals surface area contributed by atoms with Gasteiger partial charge in [0.15, 0.2) is 17.5 Å². The van der Waals surface area contributed by atoms with Crippen molar-refractivity contribution >= 4 is 35.6 Å². The lowest BCUT2D eigenvalue weighted by atomic mass is 10.2. The van der Waals surface area contributed by atoms with Crippen LogP contribution in [-0.4, -0.2) is 40.1 Å². The molecule has 0 radical (unpaired) electrons. The number of aliphatic imine (C=N–C) groups is 1. The number of nitrogens with zero attached hydrogens (tertiary/aromatic N) is 1. The smallest absolute Gasteiger partial charge is 0.231 e. The highest BCUT2D eigenvalue weighted by Gasteiger charge is 2.13. The summed E-state index contributed by atoms with van der Waals surface area (Å²) >= 11 is 0. The van der Waals surface area contributed by atoms with E-state index in [1.807, 2.05) is 42.5 Å². The molecule has 0 aromatic heterocycles. The largest absolute Gasteiger partial charge is 0.493 e. The summed E-state index contributed by atoms with van der Waals surface area (Å²) in [5.74, 6) is 3.03. The highest BCUT2D eigenvalue weighted by Crippen LogP contribution is 2.32. The van der Waals surface area contributed by atoms with Gasteiger partial charge in [-0.05, 0) is 29.8 Å². The molecule has 0 amide bonds. The molecule has 1 aliphatic rings. The molecule has 0 atom stereocenters. The maximum Gasteiger partial charge on any atom is 0.231 e. The van der Waals surface area contributed by atoms with Gasteiger partial charge >= 0.3 is 0 Å². The van der Waals surface area contributed by atoms with Gasteiger partial charge in [-0.15, -0.1) is 24.0 Å². The van der Waals surface area contributed by atoms with Gasteiger partial charge in [-0.2, -0.15) is 0 Å². The number of benzene rings is 2. The number of nitrogens with one attached hydrogen (secondary N) is 2. The van der Waals surface area contributed by atoms with Crippen LogP contribution in [0, 0.1) is 0 Å². The van der Waals surface area contributed by atoms with E-state index in [0.29, 0.717) is 25.7 Å². The van der Waals surface area contributed by atoms with Gasteiger partial charge in [-0.3, -0.25) is 4.99 Å². The Balaban J connectivity index is 0.00000280. The second-order valence-electron chi connectivity index (χ2n) is 5.96. The molecule has 0 spiro atoms. The lowest BCUT2D eigenvalue weighted by Gasteiger charge is -2.13. The van der Waals surface area contributed by atoms with Crippen LogP contribution in [0.15, 0.2) is 47.5 Å². The minimum atomic E-state index is 0. The number of fused-ring (bicyclic) bond motifs is 1. The number of guanidine groups is 1. The van der Waals surface area contributed by atoms with Crippen LogP contribution in [0.4, 0.5) is 5.69 Å². The predicted octanol–water partition coefficient (Wildman–Crippen LogP) is 3.64. The fourth-order valence-corrected chi connectivity index (χ4v) is 2.61. The lowest BCUT2D eigenvalue weighted by Crippen LogP contribution is -2.30. The first-order valence-corrected chi connectivity index (χ1v) is 8.86. The molecule has 2 N–H and O–H groups in total. The quantitative estimate of drug-likeness (QED) is 0.250. The van der Waals surface area contributed by atoms with Gasteiger partial charge in [-0.1, -0.05) is 12.1 Å². The molecule has 0 unspecified atom stereocenters. The average molecular weight is 499 g/mol. The van der Waals surface area contributed by atoms with E-state index in [1.54, 1.807) is 14.2 Å². The zero-order valence-electron chi connectivity index (χ0n) is 16.1. The van der Waals surface area contributed by atoms with Crippen LogP contribution in [0.3, 0.4) is 0 Å². The van der Waals surface area contributed by atoms with Gasteiger partial charge in [0.05, 0.1) is 6.61 Å². The standard InChI is InChI=1S/C20H25N3O4.HI/c1-21-20(22-13-15-7-8-18-19(11-15)27-14-26-18)23-16-5-3-6-17(12-16)25-10-4-9-24-2;/h3,5-8,11-12H,4,9-10,13-14H2,1-2H3,(H2,21,22,23);1H. The van der Waals surface area contributed by atoms with Crippen molar-refractivity contribution in [3.8, 4) is 17.2 Å². The Kier molecular flexibility index (Phi) is 9.15. The number of hydrogen-bond donors (Lipinski definition) is 2. The molecule has 1 aliphatic heterocycles. The predicted molar refractivity (Wildman–Crippen MR) is 120 cm³/mol. The Morgan fingerprint density at radius 3 is 2.79 bits per heavy atom. The third-order valence-corrected chi connectivity index (χ3v) is 3.98. The van der Waals surface area contributed by atoms with Crippen molar-refractivity contribution in [2.45, 2.75) is 13.0 Å². The Labute approximate surface area is 182 Å². The number of halogens is 1. The van der Waals surface area contributed by atoms with Gasteiger partial charge in [0.25, 0.3) is 0 Å². The second-order valence-corrected chi connectivity index (χ2v) is 5.96. The van der Waals surface area contributed by atoms with Gasteiger partial charge in [0.1, 0.15) is 5.75 Å². The minimum Gasteiger partial charge on any atom is -0.493 e. The molecule has 1 heterocycles. The van der Waals surface area contributed by atoms with Crippen molar-refractivity contribution in [1.82, 2.24) is 5.32 Å². The van der Waals surface area contributed by atoms with E-state index < -0.39 is 0 Å². The van der Waals surface area contributed by atoms with E-state index >= 15 is 0 Å². The van der Waals surface area contributed by atoms with E-state index in [9.17, 15) is 0 Å². The Hall–Kier alpha value is -2.20. The zero-order valence-corrected chi connectivity index (χ0v) is 18.4. The summed E-state index contributed by atoms with van der Waals surface area (Å²) in [6.07, 6.45) is 0.854. The second kappa shape index (κ2) is 11.6. The molecule has 0 bridgehead atoms. The molecule has 0 aliphatic carbocycles. The first kappa shape index (κ1) is 22.1. The highest BCUT2D eigenvalue weighted by molar-refractivity contribution is 14.0. The maximum atomic E-state index is 5.73. The highest BCUT2D eigenvalue weighted by atomic mass is 127. The van der Waals surface area contributed by atoms with Crippen molar-refractivity contribution in [3.63, 3.8) is 0 Å².